The monoisotopic (exact) mass is 121 g/mol. The largest absolute Gasteiger partial charge is 0.870 e. The molecule has 0 amide bonds. The molecule has 0 aliphatic rings. The Kier molecular flexibility index (Phi) is 5.90. The van der Waals surface area contributed by atoms with Gasteiger partial charge in [0.25, 0.3) is 0 Å². The van der Waals surface area contributed by atoms with Crippen molar-refractivity contribution in [2.75, 3.05) is 20.6 Å². The van der Waals surface area contributed by atoms with Gasteiger partial charge in [0, 0.05) is 0 Å². The standard InChI is InChI=1S/C4H9NO2.H2O/c1-5(2)3-4(6)7;/h3H2,1-2H3,(H,6,7);1H2. The molecule has 0 aromatic heterocycles. The zero-order valence-corrected chi connectivity index (χ0v) is 5.01. The quantitative estimate of drug-likeness (QED) is 0.445. The van der Waals surface area contributed by atoms with E-state index in [0.29, 0.717) is 0 Å². The summed E-state index contributed by atoms with van der Waals surface area (Å²) in [5.41, 5.74) is 0. The van der Waals surface area contributed by atoms with Gasteiger partial charge in [0.2, 0.25) is 0 Å². The van der Waals surface area contributed by atoms with Crippen molar-refractivity contribution in [1.29, 1.82) is 0 Å². The van der Waals surface area contributed by atoms with Crippen molar-refractivity contribution in [3.63, 3.8) is 0 Å². The molecule has 0 bridgehead atoms. The van der Waals surface area contributed by atoms with Crippen molar-refractivity contribution >= 4 is 5.97 Å². The van der Waals surface area contributed by atoms with Crippen molar-refractivity contribution in [2.24, 2.45) is 0 Å². The van der Waals surface area contributed by atoms with Crippen molar-refractivity contribution in [3.05, 3.63) is 0 Å². The molecular weight excluding hydrogens is 110 g/mol. The number of quaternary nitrogens is 1. The molecule has 4 heteroatoms. The van der Waals surface area contributed by atoms with Crippen molar-refractivity contribution < 1.29 is 20.3 Å². The normalized spacial score (nSPS) is 8.38. The van der Waals surface area contributed by atoms with Crippen LogP contribution in [0.25, 0.3) is 0 Å². The lowest BCUT2D eigenvalue weighted by molar-refractivity contribution is -0.850. The molecule has 0 rings (SSSR count). The highest BCUT2D eigenvalue weighted by Gasteiger charge is 1.98. The number of nitrogens with one attached hydrogen (secondary N) is 1. The SMILES string of the molecule is C[NH+](C)CC(=O)O.[OH-]. The van der Waals surface area contributed by atoms with E-state index in [1.165, 1.54) is 0 Å². The van der Waals surface area contributed by atoms with E-state index in [-0.39, 0.29) is 12.0 Å². The van der Waals surface area contributed by atoms with Gasteiger partial charge in [-0.2, -0.15) is 0 Å². The van der Waals surface area contributed by atoms with Crippen molar-refractivity contribution in [3.8, 4) is 0 Å². The molecule has 0 unspecified atom stereocenters. The Morgan fingerprint density at radius 1 is 1.62 bits per heavy atom. The fourth-order valence-corrected chi connectivity index (χ4v) is 0.302. The molecule has 3 N–H and O–H groups in total. The average molecular weight is 121 g/mol. The van der Waals surface area contributed by atoms with Gasteiger partial charge in [-0.1, -0.05) is 0 Å². The summed E-state index contributed by atoms with van der Waals surface area (Å²) in [6.45, 7) is 0.194. The summed E-state index contributed by atoms with van der Waals surface area (Å²) in [5, 5.41) is 8.06. The Labute approximate surface area is 48.0 Å². The molecule has 0 aliphatic carbocycles. The third-order valence-corrected chi connectivity index (χ3v) is 0.505. The van der Waals surface area contributed by atoms with Crippen LogP contribution in [-0.2, 0) is 4.79 Å². The van der Waals surface area contributed by atoms with Gasteiger partial charge in [0.15, 0.2) is 6.54 Å². The van der Waals surface area contributed by atoms with E-state index in [0.717, 1.165) is 4.90 Å². The zero-order chi connectivity index (χ0) is 5.86. The maximum absolute atomic E-state index is 9.79. The Hall–Kier alpha value is -0.610. The van der Waals surface area contributed by atoms with Gasteiger partial charge in [-0.15, -0.1) is 0 Å². The topological polar surface area (TPSA) is 71.7 Å². The van der Waals surface area contributed by atoms with Crippen LogP contribution in [0.5, 0.6) is 0 Å². The minimum Gasteiger partial charge on any atom is -0.870 e. The second-order valence-corrected chi connectivity index (χ2v) is 1.78. The number of aliphatic carboxylic acids is 1. The van der Waals surface area contributed by atoms with Crippen LogP contribution in [0.3, 0.4) is 0 Å². The van der Waals surface area contributed by atoms with Gasteiger partial charge >= 0.3 is 5.97 Å². The van der Waals surface area contributed by atoms with Crippen molar-refractivity contribution in [1.82, 2.24) is 0 Å². The van der Waals surface area contributed by atoms with Gasteiger partial charge in [0.1, 0.15) is 0 Å². The molecule has 0 fully saturated rings. The summed E-state index contributed by atoms with van der Waals surface area (Å²) in [5.74, 6) is -0.750. The lowest BCUT2D eigenvalue weighted by atomic mass is 10.6. The predicted octanol–water partition coefficient (Wildman–Crippen LogP) is -1.96. The van der Waals surface area contributed by atoms with Crippen LogP contribution < -0.4 is 4.90 Å². The van der Waals surface area contributed by atoms with E-state index in [4.69, 9.17) is 5.11 Å². The van der Waals surface area contributed by atoms with E-state index in [1.807, 2.05) is 0 Å². The molecule has 0 aromatic carbocycles. The van der Waals surface area contributed by atoms with E-state index >= 15 is 0 Å². The first-order chi connectivity index (χ1) is 3.13. The van der Waals surface area contributed by atoms with Crippen LogP contribution in [0, 0.1) is 0 Å². The first kappa shape index (κ1) is 10.4. The molecule has 0 radical (unpaired) electrons. The highest BCUT2D eigenvalue weighted by atomic mass is 16.4. The predicted molar refractivity (Wildman–Crippen MR) is 27.2 cm³/mol. The number of hydrogen-bond acceptors (Lipinski definition) is 2. The molecule has 50 valence electrons. The van der Waals surface area contributed by atoms with Crippen molar-refractivity contribution in [2.45, 2.75) is 0 Å². The Bertz CT molecular complexity index is 71.7. The number of hydrogen-bond donors (Lipinski definition) is 2. The first-order valence-electron chi connectivity index (χ1n) is 2.13. The maximum atomic E-state index is 9.79. The van der Waals surface area contributed by atoms with Crippen LogP contribution in [0.1, 0.15) is 0 Å². The third-order valence-electron chi connectivity index (χ3n) is 0.505. The minimum absolute atomic E-state index is 0. The molecule has 0 spiro atoms. The Morgan fingerprint density at radius 3 is 2.00 bits per heavy atom. The second-order valence-electron chi connectivity index (χ2n) is 1.78. The zero-order valence-electron chi connectivity index (χ0n) is 5.01. The summed E-state index contributed by atoms with van der Waals surface area (Å²) in [6, 6.07) is 0. The van der Waals surface area contributed by atoms with Crippen LogP contribution in [0.2, 0.25) is 0 Å². The van der Waals surface area contributed by atoms with Crippen LogP contribution in [-0.4, -0.2) is 37.2 Å². The summed E-state index contributed by atoms with van der Waals surface area (Å²) in [4.78, 5) is 10.7. The minimum atomic E-state index is -0.750. The number of carboxylic acid groups (broad SMARTS) is 1. The van der Waals surface area contributed by atoms with E-state index in [9.17, 15) is 4.79 Å². The smallest absolute Gasteiger partial charge is 0.359 e. The van der Waals surface area contributed by atoms with Gasteiger partial charge < -0.3 is 15.5 Å². The number of carbonyl (C=O) groups is 1. The van der Waals surface area contributed by atoms with Crippen LogP contribution in [0.15, 0.2) is 0 Å². The summed E-state index contributed by atoms with van der Waals surface area (Å²) >= 11 is 0. The Morgan fingerprint density at radius 2 is 2.00 bits per heavy atom. The van der Waals surface area contributed by atoms with Gasteiger partial charge in [0.05, 0.1) is 14.1 Å². The second kappa shape index (κ2) is 4.55. The highest BCUT2D eigenvalue weighted by molar-refractivity contribution is 5.67. The third kappa shape index (κ3) is 9.04. The van der Waals surface area contributed by atoms with Gasteiger partial charge in [-0.3, -0.25) is 0 Å². The molecular formula is C4H11NO3. The van der Waals surface area contributed by atoms with E-state index < -0.39 is 5.97 Å². The number of carboxylic acids is 1. The Balaban J connectivity index is 0. The number of likely N-dealkylation sites (N-methyl/N-ethyl adjacent to an activating group) is 1. The molecule has 8 heavy (non-hydrogen) atoms. The number of rotatable bonds is 2. The molecule has 4 nitrogen and oxygen atoms in total. The maximum Gasteiger partial charge on any atom is 0.359 e. The van der Waals surface area contributed by atoms with Gasteiger partial charge in [-0.25, -0.2) is 4.79 Å². The van der Waals surface area contributed by atoms with E-state index in [2.05, 4.69) is 0 Å². The summed E-state index contributed by atoms with van der Waals surface area (Å²) in [6.07, 6.45) is 0. The van der Waals surface area contributed by atoms with Crippen LogP contribution in [0.4, 0.5) is 0 Å². The molecule has 0 aromatic rings. The summed E-state index contributed by atoms with van der Waals surface area (Å²) in [7, 11) is 3.60. The molecule has 0 saturated heterocycles. The molecule has 0 atom stereocenters. The van der Waals surface area contributed by atoms with Crippen LogP contribution >= 0.6 is 0 Å². The lowest BCUT2D eigenvalue weighted by Crippen LogP contribution is -3.06. The molecule has 0 aliphatic heterocycles. The fourth-order valence-electron chi connectivity index (χ4n) is 0.302. The fraction of sp³-hybridized carbons (Fsp3) is 0.750. The van der Waals surface area contributed by atoms with Gasteiger partial charge in [-0.05, 0) is 0 Å². The lowest BCUT2D eigenvalue weighted by Gasteiger charge is -1.99. The van der Waals surface area contributed by atoms with E-state index in [1.54, 1.807) is 14.1 Å². The first-order valence-corrected chi connectivity index (χ1v) is 2.13. The summed E-state index contributed by atoms with van der Waals surface area (Å²) < 4.78 is 0. The highest BCUT2D eigenvalue weighted by Crippen LogP contribution is 1.45. The molecule has 0 saturated carbocycles. The average Bonchev–Trinajstić information content (AvgIpc) is 1.27. The molecule has 0 heterocycles.